The van der Waals surface area contributed by atoms with Gasteiger partial charge >= 0.3 is 6.03 Å². The number of urea groups is 1. The molecule has 1 aliphatic rings. The lowest BCUT2D eigenvalue weighted by Crippen LogP contribution is -2.44. The van der Waals surface area contributed by atoms with Crippen LogP contribution in [-0.4, -0.2) is 39.9 Å². The fourth-order valence-electron chi connectivity index (χ4n) is 1.96. The third-order valence-corrected chi connectivity index (χ3v) is 3.60. The van der Waals surface area contributed by atoms with Crippen molar-refractivity contribution in [2.45, 2.75) is 19.8 Å². The van der Waals surface area contributed by atoms with Gasteiger partial charge in [0.05, 0.1) is 0 Å². The number of aromatic nitrogens is 2. The van der Waals surface area contributed by atoms with Crippen molar-refractivity contribution in [3.8, 4) is 0 Å². The summed E-state index contributed by atoms with van der Waals surface area (Å²) in [5, 5.41) is 3.33. The van der Waals surface area contributed by atoms with E-state index in [1.807, 2.05) is 0 Å². The minimum absolute atomic E-state index is 0.0979. The van der Waals surface area contributed by atoms with Crippen LogP contribution in [0.5, 0.6) is 0 Å². The maximum atomic E-state index is 12.0. The van der Waals surface area contributed by atoms with E-state index in [2.05, 4.69) is 14.7 Å². The first-order valence-electron chi connectivity index (χ1n) is 5.75. The lowest BCUT2D eigenvalue weighted by atomic mass is 9.99. The highest BCUT2D eigenvalue weighted by Gasteiger charge is 2.23. The highest BCUT2D eigenvalue weighted by molar-refractivity contribution is 7.09. The Balaban J connectivity index is 1.91. The number of nitrogens with zero attached hydrogens (tertiary/aromatic N) is 3. The lowest BCUT2D eigenvalue weighted by Gasteiger charge is -2.31. The van der Waals surface area contributed by atoms with E-state index in [0.717, 1.165) is 25.9 Å². The van der Waals surface area contributed by atoms with Gasteiger partial charge in [-0.15, -0.1) is 0 Å². The van der Waals surface area contributed by atoms with Crippen LogP contribution >= 0.6 is 11.5 Å². The monoisotopic (exact) mass is 255 g/mol. The van der Waals surface area contributed by atoms with E-state index in [1.54, 1.807) is 11.8 Å². The zero-order valence-corrected chi connectivity index (χ0v) is 10.7. The molecule has 6 nitrogen and oxygen atoms in total. The minimum Gasteiger partial charge on any atom is -0.330 e. The molecule has 1 aromatic rings. The molecule has 1 saturated heterocycles. The van der Waals surface area contributed by atoms with E-state index in [9.17, 15) is 4.79 Å². The van der Waals surface area contributed by atoms with Gasteiger partial charge in [-0.2, -0.15) is 4.37 Å². The quantitative estimate of drug-likeness (QED) is 0.827. The van der Waals surface area contributed by atoms with Crippen LogP contribution in [0.1, 0.15) is 18.7 Å². The van der Waals surface area contributed by atoms with E-state index in [0.29, 0.717) is 23.4 Å². The van der Waals surface area contributed by atoms with E-state index < -0.39 is 0 Å². The van der Waals surface area contributed by atoms with Gasteiger partial charge in [-0.3, -0.25) is 5.32 Å². The Kier molecular flexibility index (Phi) is 3.90. The molecule has 2 heterocycles. The van der Waals surface area contributed by atoms with Gasteiger partial charge in [0.2, 0.25) is 5.13 Å². The van der Waals surface area contributed by atoms with Crippen LogP contribution in [0.2, 0.25) is 0 Å². The summed E-state index contributed by atoms with van der Waals surface area (Å²) in [5.74, 6) is 1.11. The van der Waals surface area contributed by atoms with Crippen molar-refractivity contribution in [2.75, 3.05) is 25.0 Å². The van der Waals surface area contributed by atoms with Gasteiger partial charge in [0.15, 0.2) is 0 Å². The summed E-state index contributed by atoms with van der Waals surface area (Å²) >= 11 is 1.20. The van der Waals surface area contributed by atoms with Crippen molar-refractivity contribution in [3.63, 3.8) is 0 Å². The third-order valence-electron chi connectivity index (χ3n) is 2.88. The topological polar surface area (TPSA) is 84.1 Å². The van der Waals surface area contributed by atoms with Crippen molar-refractivity contribution in [1.82, 2.24) is 14.3 Å². The largest absolute Gasteiger partial charge is 0.330 e. The number of nitrogens with two attached hydrogens (primary N) is 1. The smallest absolute Gasteiger partial charge is 0.323 e. The van der Waals surface area contributed by atoms with Gasteiger partial charge in [-0.05, 0) is 32.2 Å². The number of nitrogens with one attached hydrogen (secondary N) is 1. The molecule has 0 bridgehead atoms. The first-order chi connectivity index (χ1) is 8.19. The zero-order chi connectivity index (χ0) is 12.3. The molecule has 0 radical (unpaired) electrons. The molecule has 0 aliphatic carbocycles. The van der Waals surface area contributed by atoms with Gasteiger partial charge in [0.25, 0.3) is 0 Å². The number of hydrogen-bond acceptors (Lipinski definition) is 5. The molecule has 2 amide bonds. The summed E-state index contributed by atoms with van der Waals surface area (Å²) in [7, 11) is 0. The molecule has 7 heteroatoms. The Hall–Kier alpha value is -1.21. The maximum Gasteiger partial charge on any atom is 0.323 e. The molecule has 0 unspecified atom stereocenters. The molecule has 1 fully saturated rings. The Bertz CT molecular complexity index is 394. The van der Waals surface area contributed by atoms with Crippen LogP contribution in [0.4, 0.5) is 9.93 Å². The molecule has 0 aromatic carbocycles. The lowest BCUT2D eigenvalue weighted by molar-refractivity contribution is 0.179. The molecule has 94 valence electrons. The number of rotatable bonds is 2. The Labute approximate surface area is 104 Å². The minimum atomic E-state index is -0.0979. The molecule has 1 aromatic heterocycles. The molecule has 0 saturated carbocycles. The van der Waals surface area contributed by atoms with Crippen molar-refractivity contribution >= 4 is 22.7 Å². The molecule has 1 atom stereocenters. The van der Waals surface area contributed by atoms with Crippen LogP contribution in [0.15, 0.2) is 0 Å². The SMILES string of the molecule is Cc1nsc(NC(=O)N2CCC[C@@H](CN)C2)n1. The number of carbonyl (C=O) groups excluding carboxylic acids is 1. The van der Waals surface area contributed by atoms with Crippen molar-refractivity contribution in [3.05, 3.63) is 5.82 Å². The molecular formula is C10H17N5OS. The molecule has 1 aliphatic heterocycles. The third kappa shape index (κ3) is 3.13. The summed E-state index contributed by atoms with van der Waals surface area (Å²) in [6, 6.07) is -0.0979. The van der Waals surface area contributed by atoms with E-state index in [1.165, 1.54) is 11.5 Å². The van der Waals surface area contributed by atoms with Gasteiger partial charge in [-0.1, -0.05) is 0 Å². The van der Waals surface area contributed by atoms with Gasteiger partial charge in [0.1, 0.15) is 5.82 Å². The van der Waals surface area contributed by atoms with E-state index >= 15 is 0 Å². The summed E-state index contributed by atoms with van der Waals surface area (Å²) in [4.78, 5) is 17.9. The fourth-order valence-corrected chi connectivity index (χ4v) is 2.53. The second-order valence-corrected chi connectivity index (χ2v) is 5.02. The van der Waals surface area contributed by atoms with Crippen LogP contribution in [0, 0.1) is 12.8 Å². The maximum absolute atomic E-state index is 12.0. The number of likely N-dealkylation sites (tertiary alicyclic amines) is 1. The zero-order valence-electron chi connectivity index (χ0n) is 9.85. The summed E-state index contributed by atoms with van der Waals surface area (Å²) in [6.45, 7) is 3.97. The van der Waals surface area contributed by atoms with Gasteiger partial charge in [0, 0.05) is 24.6 Å². The van der Waals surface area contributed by atoms with Crippen LogP contribution in [-0.2, 0) is 0 Å². The summed E-state index contributed by atoms with van der Waals surface area (Å²) in [6.07, 6.45) is 2.13. The Morgan fingerprint density at radius 1 is 1.71 bits per heavy atom. The first-order valence-corrected chi connectivity index (χ1v) is 6.52. The van der Waals surface area contributed by atoms with Gasteiger partial charge < -0.3 is 10.6 Å². The Morgan fingerprint density at radius 2 is 2.53 bits per heavy atom. The number of anilines is 1. The van der Waals surface area contributed by atoms with Crippen LogP contribution < -0.4 is 11.1 Å². The highest BCUT2D eigenvalue weighted by Crippen LogP contribution is 2.17. The molecular weight excluding hydrogens is 238 g/mol. The molecule has 2 rings (SSSR count). The summed E-state index contributed by atoms with van der Waals surface area (Å²) in [5.41, 5.74) is 5.64. The number of hydrogen-bond donors (Lipinski definition) is 2. The first kappa shape index (κ1) is 12.3. The summed E-state index contributed by atoms with van der Waals surface area (Å²) < 4.78 is 4.02. The second kappa shape index (κ2) is 5.42. The van der Waals surface area contributed by atoms with Gasteiger partial charge in [-0.25, -0.2) is 9.78 Å². The predicted molar refractivity (Wildman–Crippen MR) is 67.0 cm³/mol. The molecule has 3 N–H and O–H groups in total. The molecule has 0 spiro atoms. The number of amides is 2. The van der Waals surface area contributed by atoms with Crippen molar-refractivity contribution < 1.29 is 4.79 Å². The predicted octanol–water partition coefficient (Wildman–Crippen LogP) is 1.05. The highest BCUT2D eigenvalue weighted by atomic mass is 32.1. The average Bonchev–Trinajstić information content (AvgIpc) is 2.75. The second-order valence-electron chi connectivity index (χ2n) is 4.27. The van der Waals surface area contributed by atoms with Crippen LogP contribution in [0.25, 0.3) is 0 Å². The molecule has 17 heavy (non-hydrogen) atoms. The standard InChI is InChI=1S/C10H17N5OS/c1-7-12-9(17-14-7)13-10(16)15-4-2-3-8(5-11)6-15/h8H,2-6,11H2,1H3,(H,12,13,14,16)/t8-/m0/s1. The van der Waals surface area contributed by atoms with E-state index in [4.69, 9.17) is 5.73 Å². The van der Waals surface area contributed by atoms with E-state index in [-0.39, 0.29) is 6.03 Å². The number of aryl methyl sites for hydroxylation is 1. The van der Waals surface area contributed by atoms with Crippen molar-refractivity contribution in [2.24, 2.45) is 11.7 Å². The normalized spacial score (nSPS) is 20.4. The number of piperidine rings is 1. The van der Waals surface area contributed by atoms with Crippen LogP contribution in [0.3, 0.4) is 0 Å². The average molecular weight is 255 g/mol. The Morgan fingerprint density at radius 3 is 3.18 bits per heavy atom. The fraction of sp³-hybridized carbons (Fsp3) is 0.700. The van der Waals surface area contributed by atoms with Crippen molar-refractivity contribution in [1.29, 1.82) is 0 Å². The number of carbonyl (C=O) groups is 1.